The molecule has 0 atom stereocenters. The molecule has 5 nitrogen and oxygen atoms in total. The number of piperidine rings is 1. The third-order valence-electron chi connectivity index (χ3n) is 5.16. The maximum atomic E-state index is 11.7. The van der Waals surface area contributed by atoms with Crippen molar-refractivity contribution in [3.63, 3.8) is 0 Å². The zero-order chi connectivity index (χ0) is 14.9. The van der Waals surface area contributed by atoms with Gasteiger partial charge in [0.05, 0.1) is 18.4 Å². The highest BCUT2D eigenvalue weighted by molar-refractivity contribution is 5.97. The monoisotopic (exact) mass is 289 g/mol. The zero-order valence-corrected chi connectivity index (χ0v) is 12.6. The SMILES string of the molecule is COC(=O)c1ccnc(N2CCC3(CCCC3)CC2)c1N. The van der Waals surface area contributed by atoms with Crippen molar-refractivity contribution in [2.24, 2.45) is 5.41 Å². The van der Waals surface area contributed by atoms with Gasteiger partial charge in [-0.25, -0.2) is 9.78 Å². The largest absolute Gasteiger partial charge is 0.465 e. The van der Waals surface area contributed by atoms with E-state index in [2.05, 4.69) is 9.88 Å². The molecule has 1 saturated heterocycles. The quantitative estimate of drug-likeness (QED) is 0.848. The molecule has 2 heterocycles. The maximum absolute atomic E-state index is 11.7. The topological polar surface area (TPSA) is 68.5 Å². The molecule has 1 aromatic heterocycles. The molecule has 0 radical (unpaired) electrons. The summed E-state index contributed by atoms with van der Waals surface area (Å²) in [6, 6.07) is 1.62. The minimum atomic E-state index is -0.402. The maximum Gasteiger partial charge on any atom is 0.340 e. The number of carbonyl (C=O) groups is 1. The molecule has 3 rings (SSSR count). The molecular weight excluding hydrogens is 266 g/mol. The van der Waals surface area contributed by atoms with Crippen molar-refractivity contribution >= 4 is 17.5 Å². The van der Waals surface area contributed by atoms with E-state index in [1.165, 1.54) is 45.6 Å². The van der Waals surface area contributed by atoms with Gasteiger partial charge < -0.3 is 15.4 Å². The highest BCUT2D eigenvalue weighted by atomic mass is 16.5. The molecule has 1 saturated carbocycles. The molecule has 21 heavy (non-hydrogen) atoms. The lowest BCUT2D eigenvalue weighted by atomic mass is 9.77. The summed E-state index contributed by atoms with van der Waals surface area (Å²) in [6.45, 7) is 1.95. The standard InChI is InChI=1S/C16H23N3O2/c1-21-15(20)12-4-9-18-14(13(12)17)19-10-7-16(8-11-19)5-2-3-6-16/h4,9H,2-3,5-8,10-11,17H2,1H3. The van der Waals surface area contributed by atoms with E-state index in [-0.39, 0.29) is 0 Å². The normalized spacial score (nSPS) is 20.7. The number of rotatable bonds is 2. The summed E-state index contributed by atoms with van der Waals surface area (Å²) in [7, 11) is 1.37. The van der Waals surface area contributed by atoms with Crippen LogP contribution in [0.5, 0.6) is 0 Å². The first kappa shape index (κ1) is 14.2. The predicted octanol–water partition coefficient (Wildman–Crippen LogP) is 2.61. The van der Waals surface area contributed by atoms with Gasteiger partial charge in [-0.1, -0.05) is 12.8 Å². The lowest BCUT2D eigenvalue weighted by Gasteiger charge is -2.40. The number of nitrogens with two attached hydrogens (primary N) is 1. The Bertz CT molecular complexity index is 528. The number of hydrogen-bond donors (Lipinski definition) is 1. The van der Waals surface area contributed by atoms with E-state index in [1.54, 1.807) is 12.3 Å². The van der Waals surface area contributed by atoms with Gasteiger partial charge in [0.25, 0.3) is 0 Å². The summed E-state index contributed by atoms with van der Waals surface area (Å²) in [5.41, 5.74) is 7.53. The van der Waals surface area contributed by atoms with Gasteiger partial charge in [-0.2, -0.15) is 0 Å². The minimum absolute atomic E-state index is 0.402. The minimum Gasteiger partial charge on any atom is -0.465 e. The Hall–Kier alpha value is -1.78. The number of methoxy groups -OCH3 is 1. The number of pyridine rings is 1. The number of hydrogen-bond acceptors (Lipinski definition) is 5. The molecule has 1 aliphatic carbocycles. The van der Waals surface area contributed by atoms with Crippen LogP contribution in [-0.4, -0.2) is 31.2 Å². The second-order valence-electron chi connectivity index (χ2n) is 6.28. The van der Waals surface area contributed by atoms with E-state index < -0.39 is 5.97 Å². The van der Waals surface area contributed by atoms with Crippen LogP contribution in [0.4, 0.5) is 11.5 Å². The highest BCUT2D eigenvalue weighted by Gasteiger charge is 2.37. The molecule has 2 aliphatic rings. The van der Waals surface area contributed by atoms with E-state index in [0.717, 1.165) is 18.9 Å². The summed E-state index contributed by atoms with van der Waals surface area (Å²) in [6.07, 6.45) is 9.53. The van der Waals surface area contributed by atoms with Crippen LogP contribution >= 0.6 is 0 Å². The number of ether oxygens (including phenoxy) is 1. The lowest BCUT2D eigenvalue weighted by Crippen LogP contribution is -2.39. The average molecular weight is 289 g/mol. The van der Waals surface area contributed by atoms with Crippen LogP contribution in [-0.2, 0) is 4.74 Å². The molecule has 114 valence electrons. The summed E-state index contributed by atoms with van der Waals surface area (Å²) >= 11 is 0. The van der Waals surface area contributed by atoms with Gasteiger partial charge in [-0.05, 0) is 37.2 Å². The van der Waals surface area contributed by atoms with Crippen LogP contribution in [0.1, 0.15) is 48.9 Å². The second-order valence-corrected chi connectivity index (χ2v) is 6.28. The van der Waals surface area contributed by atoms with Crippen molar-refractivity contribution in [2.45, 2.75) is 38.5 Å². The molecular formula is C16H23N3O2. The third kappa shape index (κ3) is 2.57. The number of nitrogen functional groups attached to an aromatic ring is 1. The van der Waals surface area contributed by atoms with Crippen molar-refractivity contribution in [3.05, 3.63) is 17.8 Å². The third-order valence-corrected chi connectivity index (χ3v) is 5.16. The van der Waals surface area contributed by atoms with E-state index in [9.17, 15) is 4.79 Å². The van der Waals surface area contributed by atoms with Crippen molar-refractivity contribution < 1.29 is 9.53 Å². The molecule has 1 aliphatic heterocycles. The van der Waals surface area contributed by atoms with Crippen molar-refractivity contribution in [1.29, 1.82) is 0 Å². The van der Waals surface area contributed by atoms with Crippen LogP contribution in [0, 0.1) is 5.41 Å². The molecule has 0 amide bonds. The van der Waals surface area contributed by atoms with E-state index in [1.807, 2.05) is 0 Å². The Kier molecular flexibility index (Phi) is 3.74. The Balaban J connectivity index is 1.77. The first-order valence-electron chi connectivity index (χ1n) is 7.73. The fraction of sp³-hybridized carbons (Fsp3) is 0.625. The molecule has 2 N–H and O–H groups in total. The van der Waals surface area contributed by atoms with Crippen LogP contribution in [0.25, 0.3) is 0 Å². The smallest absolute Gasteiger partial charge is 0.340 e. The van der Waals surface area contributed by atoms with E-state index in [4.69, 9.17) is 10.5 Å². The lowest BCUT2D eigenvalue weighted by molar-refractivity contribution is 0.0602. The Morgan fingerprint density at radius 2 is 1.95 bits per heavy atom. The number of esters is 1. The summed E-state index contributed by atoms with van der Waals surface area (Å²) in [5, 5.41) is 0. The highest BCUT2D eigenvalue weighted by Crippen LogP contribution is 2.46. The van der Waals surface area contributed by atoms with Crippen molar-refractivity contribution in [3.8, 4) is 0 Å². The van der Waals surface area contributed by atoms with Gasteiger partial charge >= 0.3 is 5.97 Å². The fourth-order valence-corrected chi connectivity index (χ4v) is 3.82. The van der Waals surface area contributed by atoms with Crippen LogP contribution in [0.15, 0.2) is 12.3 Å². The van der Waals surface area contributed by atoms with E-state index >= 15 is 0 Å². The fourth-order valence-electron chi connectivity index (χ4n) is 3.82. The molecule has 0 bridgehead atoms. The molecule has 0 unspecified atom stereocenters. The number of nitrogens with zero attached hydrogens (tertiary/aromatic N) is 2. The first-order chi connectivity index (χ1) is 10.2. The van der Waals surface area contributed by atoms with Gasteiger partial charge in [0.1, 0.15) is 0 Å². The van der Waals surface area contributed by atoms with Crippen molar-refractivity contribution in [1.82, 2.24) is 4.98 Å². The second kappa shape index (κ2) is 5.54. The van der Waals surface area contributed by atoms with Gasteiger partial charge in [0.15, 0.2) is 5.82 Å². The molecule has 1 spiro atoms. The molecule has 1 aromatic rings. The van der Waals surface area contributed by atoms with Crippen LogP contribution in [0.2, 0.25) is 0 Å². The van der Waals surface area contributed by atoms with Crippen molar-refractivity contribution in [2.75, 3.05) is 30.8 Å². The van der Waals surface area contributed by atoms with Gasteiger partial charge in [0.2, 0.25) is 0 Å². The first-order valence-corrected chi connectivity index (χ1v) is 7.73. The Morgan fingerprint density at radius 3 is 2.57 bits per heavy atom. The van der Waals surface area contributed by atoms with Gasteiger partial charge in [0, 0.05) is 19.3 Å². The predicted molar refractivity (Wildman–Crippen MR) is 82.3 cm³/mol. The zero-order valence-electron chi connectivity index (χ0n) is 12.6. The summed E-state index contributed by atoms with van der Waals surface area (Å²) < 4.78 is 4.77. The molecule has 0 aromatic carbocycles. The summed E-state index contributed by atoms with van der Waals surface area (Å²) in [4.78, 5) is 18.3. The van der Waals surface area contributed by atoms with Crippen LogP contribution < -0.4 is 10.6 Å². The summed E-state index contributed by atoms with van der Waals surface area (Å²) in [5.74, 6) is 0.325. The molecule has 5 heteroatoms. The number of aromatic nitrogens is 1. The number of anilines is 2. The molecule has 2 fully saturated rings. The van der Waals surface area contributed by atoms with Gasteiger partial charge in [-0.15, -0.1) is 0 Å². The number of carbonyl (C=O) groups excluding carboxylic acids is 1. The average Bonchev–Trinajstić information content (AvgIpc) is 2.96. The van der Waals surface area contributed by atoms with E-state index in [0.29, 0.717) is 16.7 Å². The van der Waals surface area contributed by atoms with Gasteiger partial charge in [-0.3, -0.25) is 0 Å². The Labute approximate surface area is 125 Å². The van der Waals surface area contributed by atoms with Crippen LogP contribution in [0.3, 0.4) is 0 Å². The Morgan fingerprint density at radius 1 is 1.29 bits per heavy atom.